The first kappa shape index (κ1) is 18.9. The normalized spacial score (nSPS) is 12.1. The second-order valence-corrected chi connectivity index (χ2v) is 6.04. The Morgan fingerprint density at radius 3 is 2.60 bits per heavy atom. The van der Waals surface area contributed by atoms with Gasteiger partial charge in [0.25, 0.3) is 0 Å². The van der Waals surface area contributed by atoms with Crippen LogP contribution in [0.1, 0.15) is 26.3 Å². The molecule has 4 nitrogen and oxygen atoms in total. The van der Waals surface area contributed by atoms with Gasteiger partial charge in [-0.2, -0.15) is 0 Å². The van der Waals surface area contributed by atoms with Crippen molar-refractivity contribution in [1.29, 1.82) is 0 Å². The number of carbonyl (C=O) groups is 1. The lowest BCUT2D eigenvalue weighted by Crippen LogP contribution is -2.32. The third-order valence-corrected chi connectivity index (χ3v) is 3.47. The zero-order chi connectivity index (χ0) is 18.4. The van der Waals surface area contributed by atoms with E-state index in [0.717, 1.165) is 29.4 Å². The number of halogens is 2. The van der Waals surface area contributed by atoms with Crippen LogP contribution >= 0.6 is 0 Å². The molecule has 0 aliphatic rings. The molecule has 2 rings (SSSR count). The Balaban J connectivity index is 1.98. The summed E-state index contributed by atoms with van der Waals surface area (Å²) in [6.45, 7) is 6.03. The van der Waals surface area contributed by atoms with Crippen molar-refractivity contribution in [2.24, 2.45) is 0 Å². The SMILES string of the molecule is CC(C)OCc1cccc(NC(C)C(=O)Nc2cc(F)ccc2F)c1. The Hall–Kier alpha value is -2.47. The molecule has 134 valence electrons. The highest BCUT2D eigenvalue weighted by atomic mass is 19.1. The molecule has 0 bridgehead atoms. The topological polar surface area (TPSA) is 50.4 Å². The maximum Gasteiger partial charge on any atom is 0.246 e. The van der Waals surface area contributed by atoms with Gasteiger partial charge >= 0.3 is 0 Å². The van der Waals surface area contributed by atoms with Crippen LogP contribution in [0.25, 0.3) is 0 Å². The smallest absolute Gasteiger partial charge is 0.246 e. The predicted molar refractivity (Wildman–Crippen MR) is 94.4 cm³/mol. The first-order chi connectivity index (χ1) is 11.8. The van der Waals surface area contributed by atoms with E-state index in [1.54, 1.807) is 6.92 Å². The standard InChI is InChI=1S/C19H22F2N2O2/c1-12(2)25-11-14-5-4-6-16(9-14)22-13(3)19(24)23-18-10-15(20)7-8-17(18)21/h4-10,12-13,22H,11H2,1-3H3,(H,23,24). The molecule has 0 fully saturated rings. The fourth-order valence-electron chi connectivity index (χ4n) is 2.16. The summed E-state index contributed by atoms with van der Waals surface area (Å²) in [5, 5.41) is 5.42. The molecule has 0 aromatic heterocycles. The summed E-state index contributed by atoms with van der Waals surface area (Å²) in [5.41, 5.74) is 1.53. The zero-order valence-corrected chi connectivity index (χ0v) is 14.5. The summed E-state index contributed by atoms with van der Waals surface area (Å²) in [4.78, 5) is 12.2. The molecule has 2 aromatic carbocycles. The average molecular weight is 348 g/mol. The second-order valence-electron chi connectivity index (χ2n) is 6.04. The Morgan fingerprint density at radius 1 is 1.12 bits per heavy atom. The van der Waals surface area contributed by atoms with Gasteiger partial charge in [-0.15, -0.1) is 0 Å². The van der Waals surface area contributed by atoms with Gasteiger partial charge in [0.2, 0.25) is 5.91 Å². The zero-order valence-electron chi connectivity index (χ0n) is 14.5. The number of hydrogen-bond donors (Lipinski definition) is 2. The van der Waals surface area contributed by atoms with Crippen molar-refractivity contribution < 1.29 is 18.3 Å². The number of rotatable bonds is 7. The Labute approximate surface area is 146 Å². The minimum atomic E-state index is -0.685. The molecule has 0 saturated heterocycles. The number of ether oxygens (including phenoxy) is 1. The summed E-state index contributed by atoms with van der Waals surface area (Å²) in [5.74, 6) is -1.77. The summed E-state index contributed by atoms with van der Waals surface area (Å²) in [6, 6.07) is 9.78. The number of anilines is 2. The van der Waals surface area contributed by atoms with Crippen LogP contribution < -0.4 is 10.6 Å². The van der Waals surface area contributed by atoms with E-state index in [9.17, 15) is 13.6 Å². The first-order valence-corrected chi connectivity index (χ1v) is 8.08. The molecular weight excluding hydrogens is 326 g/mol. The molecule has 0 heterocycles. The second kappa shape index (κ2) is 8.58. The molecular formula is C19H22F2N2O2. The maximum absolute atomic E-state index is 13.6. The molecule has 0 radical (unpaired) electrons. The van der Waals surface area contributed by atoms with E-state index in [0.29, 0.717) is 6.61 Å². The number of benzene rings is 2. The summed E-state index contributed by atoms with van der Waals surface area (Å²) in [7, 11) is 0. The Kier molecular flexibility index (Phi) is 6.47. The molecule has 0 saturated carbocycles. The van der Waals surface area contributed by atoms with E-state index in [-0.39, 0.29) is 11.8 Å². The molecule has 2 aromatic rings. The van der Waals surface area contributed by atoms with E-state index >= 15 is 0 Å². The Morgan fingerprint density at radius 2 is 1.88 bits per heavy atom. The first-order valence-electron chi connectivity index (χ1n) is 8.08. The third kappa shape index (κ3) is 5.83. The van der Waals surface area contributed by atoms with Gasteiger partial charge in [-0.05, 0) is 50.6 Å². The summed E-state index contributed by atoms with van der Waals surface area (Å²) < 4.78 is 32.3. The van der Waals surface area contributed by atoms with Crippen LogP contribution in [0.3, 0.4) is 0 Å². The van der Waals surface area contributed by atoms with Crippen molar-refractivity contribution in [2.75, 3.05) is 10.6 Å². The van der Waals surface area contributed by atoms with Crippen LogP contribution in [0.2, 0.25) is 0 Å². The summed E-state index contributed by atoms with van der Waals surface area (Å²) >= 11 is 0. The lowest BCUT2D eigenvalue weighted by atomic mass is 10.2. The number of nitrogens with one attached hydrogen (secondary N) is 2. The average Bonchev–Trinajstić information content (AvgIpc) is 2.56. The van der Waals surface area contributed by atoms with Crippen LogP contribution in [0.4, 0.5) is 20.2 Å². The van der Waals surface area contributed by atoms with E-state index in [1.807, 2.05) is 38.1 Å². The van der Waals surface area contributed by atoms with Gasteiger partial charge < -0.3 is 15.4 Å². The lowest BCUT2D eigenvalue weighted by molar-refractivity contribution is -0.116. The third-order valence-electron chi connectivity index (χ3n) is 3.47. The fourth-order valence-corrected chi connectivity index (χ4v) is 2.16. The van der Waals surface area contributed by atoms with Gasteiger partial charge in [0, 0.05) is 11.8 Å². The molecule has 0 spiro atoms. The van der Waals surface area contributed by atoms with E-state index in [2.05, 4.69) is 10.6 Å². The van der Waals surface area contributed by atoms with Crippen molar-refractivity contribution in [3.63, 3.8) is 0 Å². The van der Waals surface area contributed by atoms with Crippen LogP contribution in [0, 0.1) is 11.6 Å². The van der Waals surface area contributed by atoms with Crippen LogP contribution in [-0.2, 0) is 16.1 Å². The molecule has 1 unspecified atom stereocenters. The van der Waals surface area contributed by atoms with Crippen molar-refractivity contribution >= 4 is 17.3 Å². The predicted octanol–water partition coefficient (Wildman–Crippen LogP) is 4.33. The van der Waals surface area contributed by atoms with Crippen molar-refractivity contribution in [2.45, 2.75) is 39.5 Å². The van der Waals surface area contributed by atoms with E-state index in [1.165, 1.54) is 0 Å². The monoisotopic (exact) mass is 348 g/mol. The maximum atomic E-state index is 13.6. The van der Waals surface area contributed by atoms with Gasteiger partial charge in [-0.1, -0.05) is 12.1 Å². The largest absolute Gasteiger partial charge is 0.374 e. The van der Waals surface area contributed by atoms with Crippen LogP contribution in [0.15, 0.2) is 42.5 Å². The van der Waals surface area contributed by atoms with Gasteiger partial charge in [0.15, 0.2) is 0 Å². The number of amides is 1. The van der Waals surface area contributed by atoms with Crippen LogP contribution in [0.5, 0.6) is 0 Å². The Bertz CT molecular complexity index is 735. The highest BCUT2D eigenvalue weighted by Gasteiger charge is 2.15. The molecule has 2 N–H and O–H groups in total. The van der Waals surface area contributed by atoms with Crippen molar-refractivity contribution in [3.05, 3.63) is 59.7 Å². The highest BCUT2D eigenvalue weighted by Crippen LogP contribution is 2.17. The minimum Gasteiger partial charge on any atom is -0.374 e. The van der Waals surface area contributed by atoms with Crippen molar-refractivity contribution in [3.8, 4) is 0 Å². The quantitative estimate of drug-likeness (QED) is 0.783. The number of carbonyl (C=O) groups excluding carboxylic acids is 1. The molecule has 6 heteroatoms. The van der Waals surface area contributed by atoms with Crippen LogP contribution in [-0.4, -0.2) is 18.1 Å². The fraction of sp³-hybridized carbons (Fsp3) is 0.316. The molecule has 0 aliphatic heterocycles. The molecule has 1 amide bonds. The van der Waals surface area contributed by atoms with Gasteiger partial charge in [0.05, 0.1) is 18.4 Å². The molecule has 0 aliphatic carbocycles. The molecule has 1 atom stereocenters. The highest BCUT2D eigenvalue weighted by molar-refractivity contribution is 5.96. The van der Waals surface area contributed by atoms with Gasteiger partial charge in [-0.25, -0.2) is 8.78 Å². The minimum absolute atomic E-state index is 0.127. The molecule has 25 heavy (non-hydrogen) atoms. The van der Waals surface area contributed by atoms with E-state index in [4.69, 9.17) is 4.74 Å². The summed E-state index contributed by atoms with van der Waals surface area (Å²) in [6.07, 6.45) is 0.127. The lowest BCUT2D eigenvalue weighted by Gasteiger charge is -2.16. The number of hydrogen-bond acceptors (Lipinski definition) is 3. The van der Waals surface area contributed by atoms with Gasteiger partial charge in [-0.3, -0.25) is 4.79 Å². The van der Waals surface area contributed by atoms with Gasteiger partial charge in [0.1, 0.15) is 17.7 Å². The van der Waals surface area contributed by atoms with E-state index < -0.39 is 23.6 Å². The van der Waals surface area contributed by atoms with Crippen molar-refractivity contribution in [1.82, 2.24) is 0 Å².